The fraction of sp³-hybridized carbons (Fsp3) is 1.00. The van der Waals surface area contributed by atoms with E-state index in [1.54, 1.807) is 85.3 Å². The SMILES string of the molecule is COC1C[C@@H]2C[S+]([O-])C[C@@H]3CC(OC)[C@@H](CC3OC)[S@+]([O-])[C@@H]3CC(OC)[C@@H](CC3OC)C[S+]([O-])C[C@H]3CC(OC)[C@H](CC3OC)C[S+]([O-])C[C@H]3CC(OC)[C@H](C[C@H]3OC)C[S+]([O-])C[C@@H]3CC(OC)[C@@H](CC3OC)C[S+]([O-])C[C@H]1CC2OC. The van der Waals surface area contributed by atoms with Gasteiger partial charge >= 0.3 is 0 Å². The Balaban J connectivity index is 1.09. The van der Waals surface area contributed by atoms with Crippen LogP contribution in [0.25, 0.3) is 0 Å². The Morgan fingerprint density at radius 2 is 0.317 bits per heavy atom. The highest BCUT2D eigenvalue weighted by atomic mass is 32.2. The zero-order valence-corrected chi connectivity index (χ0v) is 56.1. The van der Waals surface area contributed by atoms with E-state index in [9.17, 15) is 27.3 Å². The largest absolute Gasteiger partial charge is 0.616 e. The topological polar surface area (TPSA) is 249 Å². The average molecular weight is 1280 g/mol. The molecule has 12 bridgehead atoms. The molecule has 16 unspecified atom stereocenters. The van der Waals surface area contributed by atoms with Crippen molar-refractivity contribution < 1.29 is 84.2 Å². The van der Waals surface area contributed by atoms with E-state index >= 15 is 0 Å². The van der Waals surface area contributed by atoms with Gasteiger partial charge in [0.25, 0.3) is 0 Å². The molecule has 20 aliphatic rings. The smallest absolute Gasteiger partial charge is 0.144 e. The van der Waals surface area contributed by atoms with Gasteiger partial charge in [-0.3, -0.25) is 0 Å². The van der Waals surface area contributed by atoms with Gasteiger partial charge in [-0.05, 0) is 75.4 Å². The molecule has 0 spiro atoms. The Kier molecular flexibility index (Phi) is 30.0. The fourth-order valence-corrected chi connectivity index (χ4v) is 27.3. The number of hydrogen-bond donors (Lipinski definition) is 0. The standard InChI is InChI=1S/C58H104O18S6/c1-65-45-15-37-27-78(60)29-39-17-51(71-7)41(19-49(39)69-5)31-80(62)33-43-21-55(75-11)57(23-53(43)73-9)82(64)58-24-54(74-10)44(22-56(58)76-12)34-81(63)32-42-20-50(70-6)40(18-52(42)72-8)30-79(61)28-38-16-46(66-2)36(14-48(38)68-4)26-77(59)25-35(45)13-47(37)67-3/h35-58H,13-34H2,1-12H3/t35-,36+,37-,38+,39-,40-,41-,42-,43+,44+,45?,46?,47-,48?,49?,50?,51?,52?,53?,54?,55?,56?,57-,58-,77?,78?,79?,80?,81?,82-/m1/s1. The molecule has 0 aromatic carbocycles. The molecule has 18 nitrogen and oxygen atoms in total. The lowest BCUT2D eigenvalue weighted by atomic mass is 9.79. The van der Waals surface area contributed by atoms with Crippen LogP contribution in [0.5, 0.6) is 0 Å². The maximum atomic E-state index is 15.0. The molecular weight excluding hydrogens is 1180 g/mol. The molecule has 0 amide bonds. The van der Waals surface area contributed by atoms with E-state index in [-0.39, 0.29) is 143 Å². The first-order chi connectivity index (χ1) is 39.5. The molecule has 82 heavy (non-hydrogen) atoms. The molecule has 14 aliphatic heterocycles. The Morgan fingerprint density at radius 1 is 0.195 bits per heavy atom. The van der Waals surface area contributed by atoms with Crippen molar-refractivity contribution in [3.05, 3.63) is 0 Å². The lowest BCUT2D eigenvalue weighted by molar-refractivity contribution is -0.0587. The van der Waals surface area contributed by atoms with E-state index in [0.717, 1.165) is 0 Å². The van der Waals surface area contributed by atoms with E-state index in [4.69, 9.17) is 56.8 Å². The monoisotopic (exact) mass is 1280 g/mol. The summed E-state index contributed by atoms with van der Waals surface area (Å²) in [6.07, 6.45) is 4.35. The molecule has 0 aromatic heterocycles. The maximum absolute atomic E-state index is 15.0. The molecule has 20 rings (SSSR count). The average Bonchev–Trinajstić information content (AvgIpc) is 3.64. The summed E-state index contributed by atoms with van der Waals surface area (Å²) in [5, 5.41) is -0.717. The molecule has 24 heteroatoms. The Hall–Kier alpha value is 1.38. The van der Waals surface area contributed by atoms with Crippen LogP contribution >= 0.6 is 0 Å². The third-order valence-electron chi connectivity index (χ3n) is 20.6. The van der Waals surface area contributed by atoms with E-state index in [1.165, 1.54) is 0 Å². The van der Waals surface area contributed by atoms with Crippen LogP contribution in [0.1, 0.15) is 77.0 Å². The molecule has 6 saturated carbocycles. The second-order valence-corrected chi connectivity index (χ2v) is 34.6. The minimum absolute atomic E-state index is 0.0178. The van der Waals surface area contributed by atoms with E-state index in [0.29, 0.717) is 135 Å². The first kappa shape index (κ1) is 70.8. The quantitative estimate of drug-likeness (QED) is 0.247. The predicted octanol–water partition coefficient (Wildman–Crippen LogP) is 4.33. The summed E-state index contributed by atoms with van der Waals surface area (Å²) in [5.41, 5.74) is 0. The molecule has 14 saturated heterocycles. The minimum Gasteiger partial charge on any atom is -0.616 e. The van der Waals surface area contributed by atoms with Gasteiger partial charge < -0.3 is 84.2 Å². The summed E-state index contributed by atoms with van der Waals surface area (Å²) in [4.78, 5) is 0. The summed E-state index contributed by atoms with van der Waals surface area (Å²) >= 11 is -7.56. The van der Waals surface area contributed by atoms with Crippen LogP contribution in [0.2, 0.25) is 0 Å². The summed E-state index contributed by atoms with van der Waals surface area (Å²) < 4.78 is 160. The Morgan fingerprint density at radius 3 is 0.451 bits per heavy atom. The first-order valence-electron chi connectivity index (χ1n) is 30.0. The Bertz CT molecular complexity index is 1690. The summed E-state index contributed by atoms with van der Waals surface area (Å²) in [6, 6.07) is 0. The molecule has 0 N–H and O–H groups in total. The van der Waals surface area contributed by atoms with Crippen LogP contribution in [0.4, 0.5) is 0 Å². The van der Waals surface area contributed by atoms with E-state index in [2.05, 4.69) is 0 Å². The molecule has 0 aromatic rings. The van der Waals surface area contributed by atoms with Crippen molar-refractivity contribution in [1.82, 2.24) is 0 Å². The van der Waals surface area contributed by atoms with Crippen LogP contribution < -0.4 is 0 Å². The number of hydrogen-bond acceptors (Lipinski definition) is 18. The van der Waals surface area contributed by atoms with Gasteiger partial charge in [0, 0.05) is 157 Å². The maximum Gasteiger partial charge on any atom is 0.144 e. The van der Waals surface area contributed by atoms with Crippen LogP contribution in [-0.4, -0.2) is 254 Å². The van der Waals surface area contributed by atoms with Crippen LogP contribution in [-0.2, 0) is 124 Å². The molecule has 480 valence electrons. The number of rotatable bonds is 12. The second-order valence-electron chi connectivity index (χ2n) is 25.0. The van der Waals surface area contributed by atoms with Crippen molar-refractivity contribution in [2.45, 2.75) is 161 Å². The third kappa shape index (κ3) is 18.3. The zero-order chi connectivity index (χ0) is 59.4. The van der Waals surface area contributed by atoms with Gasteiger partial charge in [-0.15, -0.1) is 0 Å². The van der Waals surface area contributed by atoms with Gasteiger partial charge in [-0.1, -0.05) is 55.9 Å². The van der Waals surface area contributed by atoms with Crippen molar-refractivity contribution in [1.29, 1.82) is 0 Å². The fourth-order valence-electron chi connectivity index (χ4n) is 16.1. The molecule has 6 aliphatic carbocycles. The van der Waals surface area contributed by atoms with Crippen molar-refractivity contribution in [2.24, 2.45) is 59.2 Å². The summed E-state index contributed by atoms with van der Waals surface area (Å²) in [6.45, 7) is 0. The van der Waals surface area contributed by atoms with E-state index in [1.807, 2.05) is 0 Å². The highest BCUT2D eigenvalue weighted by Crippen LogP contribution is 2.44. The normalized spacial score (nSPS) is 48.4. The van der Waals surface area contributed by atoms with Gasteiger partial charge in [0.2, 0.25) is 0 Å². The summed E-state index contributed by atoms with van der Waals surface area (Å²) in [7, 11) is 20.3. The van der Waals surface area contributed by atoms with Crippen LogP contribution in [0, 0.1) is 59.2 Å². The van der Waals surface area contributed by atoms with Gasteiger partial charge in [0.15, 0.2) is 0 Å². The molecule has 0 radical (unpaired) electrons. The lowest BCUT2D eigenvalue weighted by Gasteiger charge is -2.45. The van der Waals surface area contributed by atoms with Gasteiger partial charge in [0.1, 0.15) is 80.2 Å². The molecule has 20 fully saturated rings. The number of ether oxygens (including phenoxy) is 12. The van der Waals surface area contributed by atoms with Crippen LogP contribution in [0.15, 0.2) is 0 Å². The summed E-state index contributed by atoms with van der Waals surface area (Å²) in [5.74, 6) is 3.90. The number of methoxy groups -OCH3 is 12. The van der Waals surface area contributed by atoms with Crippen molar-refractivity contribution in [2.75, 3.05) is 143 Å². The van der Waals surface area contributed by atoms with Gasteiger partial charge in [-0.25, -0.2) is 0 Å². The van der Waals surface area contributed by atoms with Crippen molar-refractivity contribution >= 4 is 67.1 Å². The van der Waals surface area contributed by atoms with Crippen molar-refractivity contribution in [3.8, 4) is 0 Å². The highest BCUT2D eigenvalue weighted by molar-refractivity contribution is 7.93. The minimum atomic E-state index is -1.42. The first-order valence-corrected chi connectivity index (χ1v) is 38.7. The molecule has 30 atom stereocenters. The van der Waals surface area contributed by atoms with Gasteiger partial charge in [-0.2, -0.15) is 0 Å². The molecule has 14 heterocycles. The zero-order valence-electron chi connectivity index (χ0n) is 51.2. The molecular formula is C58H104O18S6. The van der Waals surface area contributed by atoms with Crippen molar-refractivity contribution in [3.63, 3.8) is 0 Å². The third-order valence-corrected chi connectivity index (χ3v) is 30.8. The lowest BCUT2D eigenvalue weighted by Crippen LogP contribution is -2.56. The Labute approximate surface area is 510 Å². The second kappa shape index (κ2) is 34.7. The van der Waals surface area contributed by atoms with Crippen LogP contribution in [0.3, 0.4) is 0 Å². The highest BCUT2D eigenvalue weighted by Gasteiger charge is 2.54. The van der Waals surface area contributed by atoms with Gasteiger partial charge in [0.05, 0.1) is 61.0 Å². The predicted molar refractivity (Wildman–Crippen MR) is 325 cm³/mol. The van der Waals surface area contributed by atoms with E-state index < -0.39 is 67.1 Å².